The second-order valence-electron chi connectivity index (χ2n) is 4.09. The zero-order valence-electron chi connectivity index (χ0n) is 9.57. The molecule has 2 N–H and O–H groups in total. The predicted molar refractivity (Wildman–Crippen MR) is 64.8 cm³/mol. The highest BCUT2D eigenvalue weighted by Crippen LogP contribution is 2.17. The summed E-state index contributed by atoms with van der Waals surface area (Å²) in [5.41, 5.74) is 0. The molecule has 5 nitrogen and oxygen atoms in total. The van der Waals surface area contributed by atoms with Crippen LogP contribution in [0.15, 0.2) is 21.2 Å². The number of carbonyl (C=O) groups is 2. The second kappa shape index (κ2) is 5.86. The van der Waals surface area contributed by atoms with Gasteiger partial charge in [0.15, 0.2) is 0 Å². The molecule has 1 aromatic heterocycles. The Balaban J connectivity index is 2.71. The second-order valence-corrected chi connectivity index (χ2v) is 4.95. The fourth-order valence-corrected chi connectivity index (χ4v) is 1.75. The van der Waals surface area contributed by atoms with E-state index in [0.29, 0.717) is 10.9 Å². The lowest BCUT2D eigenvalue weighted by Crippen LogP contribution is -2.41. The van der Waals surface area contributed by atoms with Crippen LogP contribution >= 0.6 is 15.9 Å². The lowest BCUT2D eigenvalue weighted by atomic mass is 10.0. The predicted octanol–water partition coefficient (Wildman–Crippen LogP) is 2.27. The largest absolute Gasteiger partial charge is 0.480 e. The van der Waals surface area contributed by atoms with E-state index in [0.717, 1.165) is 0 Å². The Morgan fingerprint density at radius 2 is 2.18 bits per heavy atom. The summed E-state index contributed by atoms with van der Waals surface area (Å²) >= 11 is 3.14. The van der Waals surface area contributed by atoms with Crippen molar-refractivity contribution in [3.05, 3.63) is 22.6 Å². The van der Waals surface area contributed by atoms with E-state index in [1.165, 1.54) is 6.26 Å². The van der Waals surface area contributed by atoms with Gasteiger partial charge in [-0.05, 0) is 34.3 Å². The molecule has 6 heteroatoms. The normalized spacial score (nSPS) is 12.5. The lowest BCUT2D eigenvalue weighted by Gasteiger charge is -2.15. The Labute approximate surface area is 107 Å². The van der Waals surface area contributed by atoms with Crippen molar-refractivity contribution in [1.29, 1.82) is 0 Å². The van der Waals surface area contributed by atoms with Crippen LogP contribution in [0.2, 0.25) is 0 Å². The number of aliphatic carboxylic acids is 1. The minimum Gasteiger partial charge on any atom is -0.480 e. The zero-order valence-corrected chi connectivity index (χ0v) is 11.2. The number of hydrogen-bond acceptors (Lipinski definition) is 3. The molecule has 0 radical (unpaired) electrons. The van der Waals surface area contributed by atoms with E-state index in [9.17, 15) is 9.59 Å². The van der Waals surface area contributed by atoms with Crippen LogP contribution in [-0.4, -0.2) is 23.0 Å². The number of nitrogens with one attached hydrogen (secondary N) is 1. The number of carboxylic acid groups (broad SMARTS) is 1. The highest BCUT2D eigenvalue weighted by Gasteiger charge is 2.24. The number of furan rings is 1. The maximum atomic E-state index is 11.7. The maximum absolute atomic E-state index is 11.7. The number of amides is 1. The fraction of sp³-hybridized carbons (Fsp3) is 0.455. The van der Waals surface area contributed by atoms with Gasteiger partial charge in [-0.15, -0.1) is 0 Å². The Morgan fingerprint density at radius 1 is 1.53 bits per heavy atom. The molecular weight excluding hydrogens is 290 g/mol. The van der Waals surface area contributed by atoms with Crippen molar-refractivity contribution in [3.8, 4) is 0 Å². The topological polar surface area (TPSA) is 79.5 Å². The molecule has 0 aliphatic carbocycles. The van der Waals surface area contributed by atoms with Gasteiger partial charge in [-0.3, -0.25) is 4.79 Å². The van der Waals surface area contributed by atoms with E-state index in [4.69, 9.17) is 9.52 Å². The third-order valence-corrected chi connectivity index (χ3v) is 2.76. The van der Waals surface area contributed by atoms with Crippen molar-refractivity contribution < 1.29 is 19.1 Å². The van der Waals surface area contributed by atoms with Crippen LogP contribution in [-0.2, 0) is 4.79 Å². The van der Waals surface area contributed by atoms with E-state index < -0.39 is 17.9 Å². The van der Waals surface area contributed by atoms with E-state index in [1.807, 2.05) is 13.8 Å². The molecule has 0 saturated heterocycles. The molecule has 1 unspecified atom stereocenters. The molecule has 0 fully saturated rings. The Kier molecular flexibility index (Phi) is 4.74. The number of rotatable bonds is 5. The first-order valence-electron chi connectivity index (χ1n) is 5.18. The van der Waals surface area contributed by atoms with Crippen LogP contribution in [0.4, 0.5) is 0 Å². The fourth-order valence-electron chi connectivity index (χ4n) is 1.37. The number of carbonyl (C=O) groups excluding carboxylic acids is 1. The molecule has 0 aromatic carbocycles. The molecule has 0 saturated carbocycles. The van der Waals surface area contributed by atoms with Gasteiger partial charge in [-0.2, -0.15) is 0 Å². The van der Waals surface area contributed by atoms with Gasteiger partial charge in [0.1, 0.15) is 6.04 Å². The summed E-state index contributed by atoms with van der Waals surface area (Å²) in [6.45, 7) is 3.79. The van der Waals surface area contributed by atoms with Gasteiger partial charge in [0.05, 0.1) is 10.7 Å². The van der Waals surface area contributed by atoms with Crippen LogP contribution in [0.1, 0.15) is 30.8 Å². The SMILES string of the molecule is CC(C)CC(NC(=O)c1occc1Br)C(=O)O. The first kappa shape index (κ1) is 13.8. The van der Waals surface area contributed by atoms with Gasteiger partial charge in [0, 0.05) is 0 Å². The van der Waals surface area contributed by atoms with Gasteiger partial charge in [-0.1, -0.05) is 13.8 Å². The van der Waals surface area contributed by atoms with Crippen LogP contribution in [0, 0.1) is 5.92 Å². The Bertz CT molecular complexity index is 413. The molecule has 1 amide bonds. The Morgan fingerprint density at radius 3 is 2.59 bits per heavy atom. The third-order valence-electron chi connectivity index (χ3n) is 2.13. The van der Waals surface area contributed by atoms with Crippen molar-refractivity contribution in [2.75, 3.05) is 0 Å². The van der Waals surface area contributed by atoms with Crippen LogP contribution < -0.4 is 5.32 Å². The van der Waals surface area contributed by atoms with Crippen LogP contribution in [0.5, 0.6) is 0 Å². The molecule has 0 aliphatic heterocycles. The molecule has 1 heterocycles. The van der Waals surface area contributed by atoms with E-state index in [1.54, 1.807) is 6.07 Å². The summed E-state index contributed by atoms with van der Waals surface area (Å²) < 4.78 is 5.46. The minimum absolute atomic E-state index is 0.0833. The van der Waals surface area contributed by atoms with Crippen molar-refractivity contribution in [2.45, 2.75) is 26.3 Å². The molecule has 1 atom stereocenters. The lowest BCUT2D eigenvalue weighted by molar-refractivity contribution is -0.139. The smallest absolute Gasteiger partial charge is 0.326 e. The van der Waals surface area contributed by atoms with E-state index >= 15 is 0 Å². The zero-order chi connectivity index (χ0) is 13.0. The Hall–Kier alpha value is -1.30. The quantitative estimate of drug-likeness (QED) is 0.874. The van der Waals surface area contributed by atoms with Gasteiger partial charge in [-0.25, -0.2) is 4.79 Å². The third kappa shape index (κ3) is 3.89. The highest BCUT2D eigenvalue weighted by atomic mass is 79.9. The van der Waals surface area contributed by atoms with Gasteiger partial charge in [0.2, 0.25) is 5.76 Å². The summed E-state index contributed by atoms with van der Waals surface area (Å²) in [6.07, 6.45) is 1.73. The van der Waals surface area contributed by atoms with Crippen LogP contribution in [0.25, 0.3) is 0 Å². The van der Waals surface area contributed by atoms with Gasteiger partial charge >= 0.3 is 5.97 Å². The molecule has 94 valence electrons. The van der Waals surface area contributed by atoms with Crippen molar-refractivity contribution in [3.63, 3.8) is 0 Å². The molecule has 1 aromatic rings. The van der Waals surface area contributed by atoms with Crippen molar-refractivity contribution >= 4 is 27.8 Å². The molecule has 17 heavy (non-hydrogen) atoms. The van der Waals surface area contributed by atoms with Gasteiger partial charge in [0.25, 0.3) is 5.91 Å². The van der Waals surface area contributed by atoms with Gasteiger partial charge < -0.3 is 14.8 Å². The number of carboxylic acids is 1. The summed E-state index contributed by atoms with van der Waals surface area (Å²) in [5.74, 6) is -1.32. The minimum atomic E-state index is -1.05. The average Bonchev–Trinajstić information content (AvgIpc) is 2.62. The summed E-state index contributed by atoms with van der Waals surface area (Å²) in [5, 5.41) is 11.4. The molecule has 1 rings (SSSR count). The first-order chi connectivity index (χ1) is 7.91. The van der Waals surface area contributed by atoms with E-state index in [-0.39, 0.29) is 11.7 Å². The summed E-state index contributed by atoms with van der Waals surface area (Å²) in [7, 11) is 0. The first-order valence-corrected chi connectivity index (χ1v) is 5.97. The van der Waals surface area contributed by atoms with Crippen molar-refractivity contribution in [1.82, 2.24) is 5.32 Å². The summed E-state index contributed by atoms with van der Waals surface area (Å²) in [6, 6.07) is 0.673. The summed E-state index contributed by atoms with van der Waals surface area (Å²) in [4.78, 5) is 22.7. The molecular formula is C11H14BrNO4. The number of hydrogen-bond donors (Lipinski definition) is 2. The number of halogens is 1. The average molecular weight is 304 g/mol. The highest BCUT2D eigenvalue weighted by molar-refractivity contribution is 9.10. The maximum Gasteiger partial charge on any atom is 0.326 e. The van der Waals surface area contributed by atoms with Crippen molar-refractivity contribution in [2.24, 2.45) is 5.92 Å². The standard InChI is InChI=1S/C11H14BrNO4/c1-6(2)5-8(11(15)16)13-10(14)9-7(12)3-4-17-9/h3-4,6,8H,5H2,1-2H3,(H,13,14)(H,15,16). The van der Waals surface area contributed by atoms with E-state index in [2.05, 4.69) is 21.2 Å². The van der Waals surface area contributed by atoms with Crippen LogP contribution in [0.3, 0.4) is 0 Å². The molecule has 0 bridgehead atoms. The monoisotopic (exact) mass is 303 g/mol. The molecule has 0 spiro atoms. The molecule has 0 aliphatic rings.